The number of pyridine rings is 1. The second-order valence-electron chi connectivity index (χ2n) is 7.35. The molecule has 154 valence electrons. The number of nitrogens with one attached hydrogen (secondary N) is 1. The molecule has 0 bridgehead atoms. The molecule has 0 unspecified atom stereocenters. The number of nitrogens with zero attached hydrogens (tertiary/aromatic N) is 3. The number of carbonyl (C=O) groups excluding carboxylic acids is 2. The molecule has 2 amide bonds. The van der Waals surface area contributed by atoms with Crippen molar-refractivity contribution in [2.75, 3.05) is 45.7 Å². The van der Waals surface area contributed by atoms with E-state index in [-0.39, 0.29) is 11.8 Å². The van der Waals surface area contributed by atoms with E-state index in [0.717, 1.165) is 23.9 Å². The van der Waals surface area contributed by atoms with E-state index >= 15 is 0 Å². The Kier molecular flexibility index (Phi) is 5.63. The lowest BCUT2D eigenvalue weighted by atomic mass is 10.1. The summed E-state index contributed by atoms with van der Waals surface area (Å²) in [7, 11) is 3.58. The van der Waals surface area contributed by atoms with E-state index in [1.165, 1.54) is 7.11 Å². The van der Waals surface area contributed by atoms with Crippen molar-refractivity contribution in [2.45, 2.75) is 0 Å². The molecule has 1 aliphatic heterocycles. The number of hydrogen-bond donors (Lipinski definition) is 1. The molecule has 30 heavy (non-hydrogen) atoms. The largest absolute Gasteiger partial charge is 0.495 e. The van der Waals surface area contributed by atoms with E-state index in [9.17, 15) is 9.59 Å². The normalized spacial score (nSPS) is 14.5. The van der Waals surface area contributed by atoms with Crippen molar-refractivity contribution >= 4 is 28.3 Å². The Labute approximate surface area is 175 Å². The smallest absolute Gasteiger partial charge is 0.275 e. The van der Waals surface area contributed by atoms with Gasteiger partial charge in [0.05, 0.1) is 12.8 Å². The fourth-order valence-electron chi connectivity index (χ4n) is 3.61. The highest BCUT2D eigenvalue weighted by Crippen LogP contribution is 2.27. The van der Waals surface area contributed by atoms with Crippen LogP contribution in [0.3, 0.4) is 0 Å². The van der Waals surface area contributed by atoms with Gasteiger partial charge >= 0.3 is 0 Å². The van der Waals surface area contributed by atoms with Gasteiger partial charge in [0, 0.05) is 43.3 Å². The van der Waals surface area contributed by atoms with Crippen molar-refractivity contribution in [3.8, 4) is 5.75 Å². The van der Waals surface area contributed by atoms with Crippen LogP contribution >= 0.6 is 0 Å². The predicted molar refractivity (Wildman–Crippen MR) is 116 cm³/mol. The van der Waals surface area contributed by atoms with E-state index in [2.05, 4.69) is 15.2 Å². The molecule has 7 heteroatoms. The fraction of sp³-hybridized carbons (Fsp3) is 0.261. The maximum Gasteiger partial charge on any atom is 0.275 e. The Morgan fingerprint density at radius 1 is 1.03 bits per heavy atom. The standard InChI is InChI=1S/C23H24N4O3/c1-26-11-13-27(14-12-26)23(29)17-7-8-20(30-2)19(15-17)25-22(28)21-18-6-4-3-5-16(18)9-10-24-21/h3-10,15H,11-14H2,1-2H3,(H,25,28). The van der Waals surface area contributed by atoms with Crippen LogP contribution in [0.1, 0.15) is 20.8 Å². The summed E-state index contributed by atoms with van der Waals surface area (Å²) < 4.78 is 5.40. The van der Waals surface area contributed by atoms with Gasteiger partial charge in [0.15, 0.2) is 0 Å². The maximum atomic E-state index is 13.0. The number of likely N-dealkylation sites (N-methyl/N-ethyl adjacent to an activating group) is 1. The SMILES string of the molecule is COc1ccc(C(=O)N2CCN(C)CC2)cc1NC(=O)c1nccc2ccccc12. The topological polar surface area (TPSA) is 74.8 Å². The van der Waals surface area contributed by atoms with Crippen molar-refractivity contribution in [2.24, 2.45) is 0 Å². The summed E-state index contributed by atoms with van der Waals surface area (Å²) in [5.41, 5.74) is 1.28. The number of aromatic nitrogens is 1. The predicted octanol–water partition coefficient (Wildman–Crippen LogP) is 2.88. The Morgan fingerprint density at radius 2 is 1.80 bits per heavy atom. The Bertz CT molecular complexity index is 1090. The van der Waals surface area contributed by atoms with E-state index < -0.39 is 0 Å². The minimum absolute atomic E-state index is 0.0514. The zero-order valence-corrected chi connectivity index (χ0v) is 17.1. The highest BCUT2D eigenvalue weighted by Gasteiger charge is 2.22. The highest BCUT2D eigenvalue weighted by molar-refractivity contribution is 6.12. The third kappa shape index (κ3) is 3.97. The molecule has 1 saturated heterocycles. The van der Waals surface area contributed by atoms with Crippen LogP contribution in [-0.2, 0) is 0 Å². The summed E-state index contributed by atoms with van der Waals surface area (Å²) in [6, 6.07) is 14.5. The molecule has 0 atom stereocenters. The lowest BCUT2D eigenvalue weighted by molar-refractivity contribution is 0.0664. The van der Waals surface area contributed by atoms with Gasteiger partial charge in [-0.1, -0.05) is 24.3 Å². The molecular weight excluding hydrogens is 380 g/mol. The molecule has 4 rings (SSSR count). The Balaban J connectivity index is 1.61. The first kappa shape index (κ1) is 19.8. The summed E-state index contributed by atoms with van der Waals surface area (Å²) in [5.74, 6) is 0.0809. The quantitative estimate of drug-likeness (QED) is 0.724. The third-order valence-corrected chi connectivity index (χ3v) is 5.37. The van der Waals surface area contributed by atoms with Gasteiger partial charge in [-0.2, -0.15) is 0 Å². The van der Waals surface area contributed by atoms with Crippen LogP contribution in [-0.4, -0.2) is 66.9 Å². The Hall–Kier alpha value is -3.45. The molecule has 0 aliphatic carbocycles. The molecule has 1 aromatic heterocycles. The summed E-state index contributed by atoms with van der Waals surface area (Å²) in [5, 5.41) is 4.57. The van der Waals surface area contributed by atoms with Gasteiger partial charge in [0.2, 0.25) is 0 Å². The summed E-state index contributed by atoms with van der Waals surface area (Å²) in [6.07, 6.45) is 1.61. The highest BCUT2D eigenvalue weighted by atomic mass is 16.5. The van der Waals surface area contributed by atoms with Gasteiger partial charge in [-0.15, -0.1) is 0 Å². The molecule has 1 aliphatic rings. The second kappa shape index (κ2) is 8.51. The number of rotatable bonds is 4. The average molecular weight is 404 g/mol. The molecule has 0 saturated carbocycles. The number of piperazine rings is 1. The van der Waals surface area contributed by atoms with Crippen molar-refractivity contribution in [3.05, 3.63) is 66.0 Å². The summed E-state index contributed by atoms with van der Waals surface area (Å²) in [6.45, 7) is 3.06. The van der Waals surface area contributed by atoms with E-state index in [1.54, 1.807) is 24.4 Å². The van der Waals surface area contributed by atoms with Crippen LogP contribution in [0.2, 0.25) is 0 Å². The van der Waals surface area contributed by atoms with Gasteiger partial charge < -0.3 is 19.9 Å². The number of hydrogen-bond acceptors (Lipinski definition) is 5. The lowest BCUT2D eigenvalue weighted by Gasteiger charge is -2.32. The number of ether oxygens (including phenoxy) is 1. The summed E-state index contributed by atoms with van der Waals surface area (Å²) >= 11 is 0. The van der Waals surface area contributed by atoms with Crippen LogP contribution in [0.25, 0.3) is 10.8 Å². The van der Waals surface area contributed by atoms with Gasteiger partial charge in [0.25, 0.3) is 11.8 Å². The van der Waals surface area contributed by atoms with Crippen molar-refractivity contribution < 1.29 is 14.3 Å². The molecule has 1 N–H and O–H groups in total. The van der Waals surface area contributed by atoms with E-state index in [4.69, 9.17) is 4.74 Å². The van der Waals surface area contributed by atoms with Gasteiger partial charge in [0.1, 0.15) is 11.4 Å². The van der Waals surface area contributed by atoms with Crippen molar-refractivity contribution in [1.29, 1.82) is 0 Å². The number of methoxy groups -OCH3 is 1. The van der Waals surface area contributed by atoms with Crippen LogP contribution in [0.4, 0.5) is 5.69 Å². The summed E-state index contributed by atoms with van der Waals surface area (Å²) in [4.78, 5) is 34.2. The number of anilines is 1. The number of carbonyl (C=O) groups is 2. The van der Waals surface area contributed by atoms with Gasteiger partial charge in [-0.3, -0.25) is 14.6 Å². The molecule has 0 radical (unpaired) electrons. The molecule has 2 aromatic carbocycles. The fourth-order valence-corrected chi connectivity index (χ4v) is 3.61. The molecular formula is C23H24N4O3. The van der Waals surface area contributed by atoms with Crippen LogP contribution in [0, 0.1) is 0 Å². The van der Waals surface area contributed by atoms with E-state index in [0.29, 0.717) is 35.8 Å². The number of amides is 2. The number of fused-ring (bicyclic) bond motifs is 1. The Morgan fingerprint density at radius 3 is 2.57 bits per heavy atom. The van der Waals surface area contributed by atoms with Crippen molar-refractivity contribution in [1.82, 2.24) is 14.8 Å². The molecule has 7 nitrogen and oxygen atoms in total. The first-order valence-electron chi connectivity index (χ1n) is 9.88. The first-order valence-corrected chi connectivity index (χ1v) is 9.88. The minimum Gasteiger partial charge on any atom is -0.495 e. The molecule has 0 spiro atoms. The monoisotopic (exact) mass is 404 g/mol. The molecule has 1 fully saturated rings. The third-order valence-electron chi connectivity index (χ3n) is 5.37. The minimum atomic E-state index is -0.353. The van der Waals surface area contributed by atoms with Crippen LogP contribution in [0.15, 0.2) is 54.7 Å². The first-order chi connectivity index (χ1) is 14.6. The van der Waals surface area contributed by atoms with Crippen molar-refractivity contribution in [3.63, 3.8) is 0 Å². The van der Waals surface area contributed by atoms with Crippen LogP contribution in [0.5, 0.6) is 5.75 Å². The second-order valence-corrected chi connectivity index (χ2v) is 7.35. The van der Waals surface area contributed by atoms with Gasteiger partial charge in [-0.25, -0.2) is 0 Å². The maximum absolute atomic E-state index is 13.0. The van der Waals surface area contributed by atoms with Crippen LogP contribution < -0.4 is 10.1 Å². The zero-order valence-electron chi connectivity index (χ0n) is 17.1. The number of benzene rings is 2. The molecule has 3 aromatic rings. The lowest BCUT2D eigenvalue weighted by Crippen LogP contribution is -2.47. The average Bonchev–Trinajstić information content (AvgIpc) is 2.78. The molecule has 2 heterocycles. The van der Waals surface area contributed by atoms with E-state index in [1.807, 2.05) is 42.3 Å². The van der Waals surface area contributed by atoms with Gasteiger partial charge in [-0.05, 0) is 36.7 Å². The zero-order chi connectivity index (χ0) is 21.1.